The molecule has 0 aromatic carbocycles. The van der Waals surface area contributed by atoms with Crippen molar-refractivity contribution < 1.29 is 41.7 Å². The largest absolute Gasteiger partial charge is 4.00 e. The third kappa shape index (κ3) is 15.5. The van der Waals surface area contributed by atoms with E-state index < -0.39 is 0 Å². The summed E-state index contributed by atoms with van der Waals surface area (Å²) in [6.07, 6.45) is 40.0. The monoisotopic (exact) mass is 400 g/mol. The maximum absolute atomic E-state index is 2.99. The first-order valence-electron chi connectivity index (χ1n) is 6.87. The fraction of sp³-hybridized carbons (Fsp3) is 0.200. The Balaban J connectivity index is 0.000000250. The Morgan fingerprint density at radius 2 is 0.667 bits per heavy atom. The molecule has 4 rings (SSSR count). The molecule has 0 bridgehead atoms. The summed E-state index contributed by atoms with van der Waals surface area (Å²) in [6, 6.07) is 0. The van der Waals surface area contributed by atoms with Crippen LogP contribution in [0, 0.1) is 66.1 Å². The normalized spacial score (nSPS) is 16.8. The van der Waals surface area contributed by atoms with Crippen molar-refractivity contribution >= 4 is 0 Å². The van der Waals surface area contributed by atoms with Crippen molar-refractivity contribution in [3.8, 4) is 0 Å². The van der Waals surface area contributed by atoms with Gasteiger partial charge in [-0.15, -0.1) is 25.7 Å². The summed E-state index contributed by atoms with van der Waals surface area (Å²) in [5.74, 6) is 0. The second-order valence-electron chi connectivity index (χ2n) is 4.01. The average Bonchev–Trinajstić information content (AvgIpc) is 3.40. The van der Waals surface area contributed by atoms with E-state index in [1.165, 1.54) is 0 Å². The summed E-state index contributed by atoms with van der Waals surface area (Å²) in [7, 11) is 0. The molecule has 0 heterocycles. The smallest absolute Gasteiger partial charge is 0.273 e. The van der Waals surface area contributed by atoms with Gasteiger partial charge in [-0.3, -0.25) is 24.3 Å². The predicted octanol–water partition coefficient (Wildman–Crippen LogP) is 5.22. The van der Waals surface area contributed by atoms with Crippen LogP contribution in [0.15, 0.2) is 72.9 Å². The molecule has 0 fully saturated rings. The van der Waals surface area contributed by atoms with Gasteiger partial charge in [0, 0.05) is 0 Å². The molecule has 0 aliphatic heterocycles. The van der Waals surface area contributed by atoms with Crippen molar-refractivity contribution in [3.05, 3.63) is 97.2 Å². The minimum absolute atomic E-state index is 0. The first-order valence-corrected chi connectivity index (χ1v) is 6.87. The van der Waals surface area contributed by atoms with Gasteiger partial charge in [0.2, 0.25) is 0 Å². The van der Waals surface area contributed by atoms with Crippen molar-refractivity contribution in [1.82, 2.24) is 0 Å². The van der Waals surface area contributed by atoms with E-state index in [9.17, 15) is 0 Å². The molecule has 0 spiro atoms. The van der Waals surface area contributed by atoms with Crippen molar-refractivity contribution in [2.75, 3.05) is 0 Å². The van der Waals surface area contributed by atoms with E-state index >= 15 is 0 Å². The Bertz CT molecular complexity index is 326. The Morgan fingerprint density at radius 3 is 0.714 bits per heavy atom. The van der Waals surface area contributed by atoms with Gasteiger partial charge in [-0.1, -0.05) is 0 Å². The second-order valence-corrected chi connectivity index (χ2v) is 4.01. The maximum Gasteiger partial charge on any atom is 4.00 e. The van der Waals surface area contributed by atoms with Crippen LogP contribution < -0.4 is 0 Å². The van der Waals surface area contributed by atoms with Crippen LogP contribution in [0.1, 0.15) is 25.7 Å². The van der Waals surface area contributed by atoms with E-state index in [-0.39, 0.29) is 41.7 Å². The second kappa shape index (κ2) is 17.3. The third-order valence-electron chi connectivity index (χ3n) is 2.34. The van der Waals surface area contributed by atoms with E-state index in [0.29, 0.717) is 0 Å². The first-order chi connectivity index (χ1) is 10.0. The van der Waals surface area contributed by atoms with Crippen LogP contribution in [0.25, 0.3) is 0 Å². The zero-order chi connectivity index (χ0) is 14.1. The summed E-state index contributed by atoms with van der Waals surface area (Å²) in [5, 5.41) is 0. The molecule has 0 N–H and O–H groups in total. The zero-order valence-corrected chi connectivity index (χ0v) is 15.4. The topological polar surface area (TPSA) is 0 Å². The van der Waals surface area contributed by atoms with E-state index in [0.717, 1.165) is 25.7 Å². The van der Waals surface area contributed by atoms with Crippen molar-refractivity contribution in [2.24, 2.45) is 0 Å². The van der Waals surface area contributed by atoms with Crippen molar-refractivity contribution in [1.29, 1.82) is 0 Å². The molecule has 21 heavy (non-hydrogen) atoms. The van der Waals surface area contributed by atoms with Gasteiger partial charge in [0.25, 0.3) is 0 Å². The van der Waals surface area contributed by atoms with Gasteiger partial charge in [0.05, 0.1) is 0 Å². The van der Waals surface area contributed by atoms with Crippen molar-refractivity contribution in [3.63, 3.8) is 0 Å². The molecule has 1 heteroatoms. The van der Waals surface area contributed by atoms with Gasteiger partial charge in [0.15, 0.2) is 0 Å². The van der Waals surface area contributed by atoms with Crippen LogP contribution in [0.5, 0.6) is 0 Å². The molecule has 0 nitrogen and oxygen atoms in total. The summed E-state index contributed by atoms with van der Waals surface area (Å²) in [4.78, 5) is 0. The summed E-state index contributed by atoms with van der Waals surface area (Å²) in [6.45, 7) is 0. The number of hydrogen-bond acceptors (Lipinski definition) is 0. The molecule has 0 atom stereocenters. The Kier molecular flexibility index (Phi) is 16.8. The fourth-order valence-electron chi connectivity index (χ4n) is 1.36. The molecule has 0 radical (unpaired) electrons. The van der Waals surface area contributed by atoms with E-state index in [4.69, 9.17) is 0 Å². The van der Waals surface area contributed by atoms with Crippen LogP contribution in [0.4, 0.5) is 0 Å². The van der Waals surface area contributed by atoms with Crippen LogP contribution in [-0.4, -0.2) is 0 Å². The first kappa shape index (κ1) is 20.3. The average molecular weight is 400 g/mol. The Hall–Kier alpha value is -0.703. The van der Waals surface area contributed by atoms with Gasteiger partial charge in [-0.25, -0.2) is 48.6 Å². The zero-order valence-electron chi connectivity index (χ0n) is 12.3. The van der Waals surface area contributed by atoms with E-state index in [1.54, 1.807) is 0 Å². The fourth-order valence-corrected chi connectivity index (χ4v) is 1.36. The molecule has 0 saturated carbocycles. The molecular weight excluding hydrogens is 380 g/mol. The number of hydrogen-bond donors (Lipinski definition) is 0. The molecule has 0 aromatic heterocycles. The van der Waals surface area contributed by atoms with E-state index in [1.807, 2.05) is 48.6 Å². The molecule has 4 aliphatic rings. The van der Waals surface area contributed by atoms with Gasteiger partial charge in [0.1, 0.15) is 0 Å². The number of allylic oxidation sites excluding steroid dienone is 16. The van der Waals surface area contributed by atoms with Crippen LogP contribution >= 0.6 is 0 Å². The Morgan fingerprint density at radius 1 is 0.429 bits per heavy atom. The van der Waals surface area contributed by atoms with Gasteiger partial charge >= 0.3 is 41.7 Å². The van der Waals surface area contributed by atoms with Crippen LogP contribution in [-0.2, 0) is 0 Å². The van der Waals surface area contributed by atoms with Gasteiger partial charge < -0.3 is 0 Å². The number of rotatable bonds is 0. The maximum atomic E-state index is 2.99. The predicted molar refractivity (Wildman–Crippen MR) is 86.3 cm³/mol. The SMILES string of the molecule is [C-]1=CC=CC1.[C-]1=CC=CC1.[C-]1=CC=CC1.[C-]1=CC=CC1.[Ce+4]. The van der Waals surface area contributed by atoms with Gasteiger partial charge in [-0.2, -0.15) is 24.3 Å². The van der Waals surface area contributed by atoms with E-state index in [2.05, 4.69) is 48.6 Å². The van der Waals surface area contributed by atoms with Crippen LogP contribution in [0.2, 0.25) is 0 Å². The molecule has 0 amide bonds. The quantitative estimate of drug-likeness (QED) is 0.489. The standard InChI is InChI=1S/4C5H5.Ce/c4*1-2-4-5-3-1;/h4*1-3H,4H2;/q4*-1;+4. The minimum atomic E-state index is 0. The molecule has 0 aromatic rings. The Labute approximate surface area is 163 Å². The molecular formula is C20H20Ce. The summed E-state index contributed by atoms with van der Waals surface area (Å²) >= 11 is 0. The minimum Gasteiger partial charge on any atom is -0.273 e. The summed E-state index contributed by atoms with van der Waals surface area (Å²) < 4.78 is 0. The molecule has 4 aliphatic carbocycles. The van der Waals surface area contributed by atoms with Crippen LogP contribution in [0.3, 0.4) is 0 Å². The molecule has 0 unspecified atom stereocenters. The summed E-state index contributed by atoms with van der Waals surface area (Å²) in [5.41, 5.74) is 0. The third-order valence-corrected chi connectivity index (χ3v) is 2.34. The van der Waals surface area contributed by atoms with Crippen molar-refractivity contribution in [2.45, 2.75) is 25.7 Å². The van der Waals surface area contributed by atoms with Gasteiger partial charge in [-0.05, 0) is 0 Å². The molecule has 0 saturated heterocycles. The molecule has 104 valence electrons.